The minimum Gasteiger partial charge on any atom is -0.367 e. The zero-order valence-electron chi connectivity index (χ0n) is 18.4. The molecule has 1 atom stereocenters. The summed E-state index contributed by atoms with van der Waals surface area (Å²) in [6.07, 6.45) is 1.73. The van der Waals surface area contributed by atoms with Crippen molar-refractivity contribution < 1.29 is 13.2 Å². The number of nitrogens with one attached hydrogen (secondary N) is 1. The number of likely N-dealkylation sites (N-methyl/N-ethyl adjacent to an activating group) is 1. The smallest absolute Gasteiger partial charge is 0.243 e. The predicted octanol–water partition coefficient (Wildman–Crippen LogP) is 2.84. The van der Waals surface area contributed by atoms with Crippen molar-refractivity contribution in [1.29, 1.82) is 0 Å². The Bertz CT molecular complexity index is 785. The van der Waals surface area contributed by atoms with Gasteiger partial charge in [-0.25, -0.2) is 8.42 Å². The molecule has 1 amide bonds. The molecule has 0 radical (unpaired) electrons. The Morgan fingerprint density at radius 3 is 2.31 bits per heavy atom. The van der Waals surface area contributed by atoms with Gasteiger partial charge in [0, 0.05) is 45.2 Å². The Hall–Kier alpha value is -1.64. The highest BCUT2D eigenvalue weighted by Crippen LogP contribution is 2.31. The number of carbonyl (C=O) groups excluding carboxylic acids is 1. The third-order valence-corrected chi connectivity index (χ3v) is 7.63. The van der Waals surface area contributed by atoms with Gasteiger partial charge in [-0.05, 0) is 31.7 Å². The van der Waals surface area contributed by atoms with E-state index in [9.17, 15) is 13.2 Å². The van der Waals surface area contributed by atoms with Crippen LogP contribution in [0.4, 0.5) is 11.4 Å². The van der Waals surface area contributed by atoms with Crippen molar-refractivity contribution >= 4 is 27.3 Å². The van der Waals surface area contributed by atoms with Crippen molar-refractivity contribution in [1.82, 2.24) is 9.21 Å². The van der Waals surface area contributed by atoms with E-state index in [0.717, 1.165) is 44.7 Å². The molecule has 0 spiro atoms. The molecule has 164 valence electrons. The van der Waals surface area contributed by atoms with Crippen molar-refractivity contribution in [2.45, 2.75) is 45.4 Å². The van der Waals surface area contributed by atoms with E-state index in [0.29, 0.717) is 18.8 Å². The molecule has 1 aromatic carbocycles. The van der Waals surface area contributed by atoms with E-state index in [1.807, 2.05) is 26.8 Å². The molecule has 1 heterocycles. The van der Waals surface area contributed by atoms with Crippen LogP contribution in [0.2, 0.25) is 0 Å². The lowest BCUT2D eigenvalue weighted by molar-refractivity contribution is -0.119. The van der Waals surface area contributed by atoms with E-state index < -0.39 is 10.0 Å². The number of piperazine rings is 1. The topological polar surface area (TPSA) is 73.0 Å². The molecule has 0 aromatic heterocycles. The van der Waals surface area contributed by atoms with Gasteiger partial charge >= 0.3 is 0 Å². The van der Waals surface area contributed by atoms with Crippen LogP contribution in [0.25, 0.3) is 0 Å². The van der Waals surface area contributed by atoms with Gasteiger partial charge in [-0.3, -0.25) is 4.79 Å². The zero-order chi connectivity index (χ0) is 21.6. The fraction of sp³-hybridized carbons (Fsp3) is 0.667. The predicted molar refractivity (Wildman–Crippen MR) is 119 cm³/mol. The van der Waals surface area contributed by atoms with E-state index in [1.54, 1.807) is 12.1 Å². The fourth-order valence-electron chi connectivity index (χ4n) is 3.63. The molecule has 1 N–H and O–H groups in total. The van der Waals surface area contributed by atoms with Gasteiger partial charge in [-0.2, -0.15) is 4.31 Å². The molecule has 1 aromatic rings. The van der Waals surface area contributed by atoms with Gasteiger partial charge in [-0.15, -0.1) is 0 Å². The summed E-state index contributed by atoms with van der Waals surface area (Å²) >= 11 is 0. The monoisotopic (exact) mass is 424 g/mol. The second kappa shape index (κ2) is 10.4. The van der Waals surface area contributed by atoms with Crippen molar-refractivity contribution in [3.05, 3.63) is 18.2 Å². The largest absolute Gasteiger partial charge is 0.367 e. The van der Waals surface area contributed by atoms with Crippen molar-refractivity contribution in [2.75, 3.05) is 56.5 Å². The van der Waals surface area contributed by atoms with Crippen LogP contribution < -0.4 is 10.2 Å². The van der Waals surface area contributed by atoms with Crippen LogP contribution >= 0.6 is 0 Å². The first-order valence-corrected chi connectivity index (χ1v) is 12.1. The van der Waals surface area contributed by atoms with Crippen LogP contribution in [0, 0.1) is 5.92 Å². The molecule has 1 saturated heterocycles. The Morgan fingerprint density at radius 2 is 1.76 bits per heavy atom. The molecule has 29 heavy (non-hydrogen) atoms. The molecule has 1 fully saturated rings. The number of benzene rings is 1. The summed E-state index contributed by atoms with van der Waals surface area (Å²) in [5.74, 6) is -0.192. The number of nitrogens with zero attached hydrogens (tertiary/aromatic N) is 3. The summed E-state index contributed by atoms with van der Waals surface area (Å²) in [6, 6.07) is 5.12. The molecule has 1 aliphatic heterocycles. The first-order chi connectivity index (χ1) is 13.7. The van der Waals surface area contributed by atoms with Gasteiger partial charge in [0.05, 0.1) is 16.3 Å². The summed E-state index contributed by atoms with van der Waals surface area (Å²) < 4.78 is 27.4. The SMILES string of the molecule is CCCC(C)C(=O)Nc1cc(S(=O)(=O)N(CC)CC)ccc1N1CCN(C)CC1. The van der Waals surface area contributed by atoms with Crippen molar-refractivity contribution in [2.24, 2.45) is 5.92 Å². The van der Waals surface area contributed by atoms with E-state index in [2.05, 4.69) is 29.1 Å². The maximum Gasteiger partial charge on any atom is 0.243 e. The second-order valence-electron chi connectivity index (χ2n) is 7.74. The molecule has 1 unspecified atom stereocenters. The number of rotatable bonds is 9. The average molecular weight is 425 g/mol. The highest BCUT2D eigenvalue weighted by Gasteiger charge is 2.25. The van der Waals surface area contributed by atoms with Gasteiger partial charge in [0.1, 0.15) is 0 Å². The lowest BCUT2D eigenvalue weighted by Gasteiger charge is -2.35. The first kappa shape index (κ1) is 23.6. The van der Waals surface area contributed by atoms with Crippen LogP contribution in [0.3, 0.4) is 0 Å². The summed E-state index contributed by atoms with van der Waals surface area (Å²) in [6.45, 7) is 12.0. The number of carbonyl (C=O) groups is 1. The molecule has 2 rings (SSSR count). The van der Waals surface area contributed by atoms with Gasteiger partial charge in [-0.1, -0.05) is 34.1 Å². The van der Waals surface area contributed by atoms with Gasteiger partial charge in [0.25, 0.3) is 0 Å². The van der Waals surface area contributed by atoms with E-state index >= 15 is 0 Å². The second-order valence-corrected chi connectivity index (χ2v) is 9.68. The normalized spacial score (nSPS) is 16.8. The van der Waals surface area contributed by atoms with Gasteiger partial charge in [0.15, 0.2) is 0 Å². The summed E-state index contributed by atoms with van der Waals surface area (Å²) in [5, 5.41) is 3.01. The van der Waals surface area contributed by atoms with E-state index in [4.69, 9.17) is 0 Å². The zero-order valence-corrected chi connectivity index (χ0v) is 19.3. The lowest BCUT2D eigenvalue weighted by atomic mass is 10.1. The minimum atomic E-state index is -3.59. The number of hydrogen-bond acceptors (Lipinski definition) is 5. The molecule has 0 bridgehead atoms. The third-order valence-electron chi connectivity index (χ3n) is 5.58. The highest BCUT2D eigenvalue weighted by molar-refractivity contribution is 7.89. The van der Waals surface area contributed by atoms with Crippen LogP contribution in [-0.2, 0) is 14.8 Å². The Labute approximate surface area is 176 Å². The maximum absolute atomic E-state index is 13.0. The Morgan fingerprint density at radius 1 is 1.14 bits per heavy atom. The Balaban J connectivity index is 2.42. The number of sulfonamides is 1. The minimum absolute atomic E-state index is 0.0698. The van der Waals surface area contributed by atoms with Crippen LogP contribution in [-0.4, -0.2) is 69.8 Å². The van der Waals surface area contributed by atoms with Crippen molar-refractivity contribution in [3.8, 4) is 0 Å². The molecule has 1 aliphatic rings. The van der Waals surface area contributed by atoms with Gasteiger partial charge in [0.2, 0.25) is 15.9 Å². The van der Waals surface area contributed by atoms with Crippen LogP contribution in [0.5, 0.6) is 0 Å². The summed E-state index contributed by atoms with van der Waals surface area (Å²) in [4.78, 5) is 17.4. The summed E-state index contributed by atoms with van der Waals surface area (Å²) in [5.41, 5.74) is 1.46. The molecular weight excluding hydrogens is 388 g/mol. The highest BCUT2D eigenvalue weighted by atomic mass is 32.2. The molecule has 7 nitrogen and oxygen atoms in total. The standard InChI is InChI=1S/C21H36N4O3S/c1-6-9-17(4)21(26)22-19-16-18(29(27,28)25(7-2)8-3)10-11-20(19)24-14-12-23(5)13-15-24/h10-11,16-17H,6-9,12-15H2,1-5H3,(H,22,26). The Kier molecular flexibility index (Phi) is 8.48. The van der Waals surface area contributed by atoms with E-state index in [1.165, 1.54) is 4.31 Å². The van der Waals surface area contributed by atoms with Crippen LogP contribution in [0.15, 0.2) is 23.1 Å². The average Bonchev–Trinajstić information content (AvgIpc) is 2.69. The van der Waals surface area contributed by atoms with Crippen molar-refractivity contribution in [3.63, 3.8) is 0 Å². The molecule has 8 heteroatoms. The van der Waals surface area contributed by atoms with E-state index in [-0.39, 0.29) is 16.7 Å². The number of hydrogen-bond donors (Lipinski definition) is 1. The molecule has 0 saturated carbocycles. The fourth-order valence-corrected chi connectivity index (χ4v) is 5.12. The molecule has 0 aliphatic carbocycles. The molecular formula is C21H36N4O3S. The third kappa shape index (κ3) is 5.71. The maximum atomic E-state index is 13.0. The lowest BCUT2D eigenvalue weighted by Crippen LogP contribution is -2.44. The quantitative estimate of drug-likeness (QED) is 0.660. The number of anilines is 2. The first-order valence-electron chi connectivity index (χ1n) is 10.6. The summed E-state index contributed by atoms with van der Waals surface area (Å²) in [7, 11) is -1.50. The van der Waals surface area contributed by atoms with Crippen LogP contribution in [0.1, 0.15) is 40.5 Å². The van der Waals surface area contributed by atoms with Gasteiger partial charge < -0.3 is 15.1 Å². The number of amides is 1.